The topological polar surface area (TPSA) is 39.9 Å². The first-order valence-corrected chi connectivity index (χ1v) is 8.57. The van der Waals surface area contributed by atoms with Gasteiger partial charge in [0.15, 0.2) is 5.82 Å². The summed E-state index contributed by atoms with van der Waals surface area (Å²) in [5, 5.41) is 4.95. The summed E-state index contributed by atoms with van der Waals surface area (Å²) >= 11 is 3.42. The second kappa shape index (κ2) is 6.84. The third-order valence-corrected chi connectivity index (χ3v) is 4.51. The molecule has 4 nitrogen and oxygen atoms in total. The van der Waals surface area contributed by atoms with Crippen molar-refractivity contribution < 1.29 is 13.5 Å². The maximum atomic E-state index is 14.3. The predicted molar refractivity (Wildman–Crippen MR) is 97.3 cm³/mol. The number of nitrogens with zero attached hydrogens (tertiary/aromatic N) is 3. The zero-order chi connectivity index (χ0) is 18.1. The Labute approximate surface area is 156 Å². The summed E-state index contributed by atoms with van der Waals surface area (Å²) in [5.41, 5.74) is 1.59. The highest BCUT2D eigenvalue weighted by Crippen LogP contribution is 2.32. The zero-order valence-corrected chi connectivity index (χ0v) is 15.0. The lowest BCUT2D eigenvalue weighted by Gasteiger charge is -2.10. The van der Waals surface area contributed by atoms with Crippen LogP contribution in [0.5, 0.6) is 5.88 Å². The molecule has 7 heteroatoms. The van der Waals surface area contributed by atoms with Gasteiger partial charge in [0.1, 0.15) is 23.6 Å². The van der Waals surface area contributed by atoms with Gasteiger partial charge in [-0.1, -0.05) is 30.3 Å². The summed E-state index contributed by atoms with van der Waals surface area (Å²) in [7, 11) is 0. The Morgan fingerprint density at radius 2 is 1.85 bits per heavy atom. The number of rotatable bonds is 4. The van der Waals surface area contributed by atoms with Gasteiger partial charge in [0, 0.05) is 22.1 Å². The van der Waals surface area contributed by atoms with E-state index in [1.165, 1.54) is 16.8 Å². The molecule has 0 aliphatic carbocycles. The minimum atomic E-state index is -0.719. The number of hydrogen-bond donors (Lipinski definition) is 0. The molecule has 130 valence electrons. The Morgan fingerprint density at radius 1 is 1.04 bits per heavy atom. The van der Waals surface area contributed by atoms with Crippen LogP contribution < -0.4 is 4.74 Å². The smallest absolute Gasteiger partial charge is 0.241 e. The molecular formula is C19H12BrF2N3O. The highest BCUT2D eigenvalue weighted by atomic mass is 79.9. The molecule has 0 saturated heterocycles. The van der Waals surface area contributed by atoms with E-state index in [4.69, 9.17) is 4.74 Å². The molecular weight excluding hydrogens is 404 g/mol. The van der Waals surface area contributed by atoms with Gasteiger partial charge in [-0.05, 0) is 33.6 Å². The molecule has 0 unspecified atom stereocenters. The highest BCUT2D eigenvalue weighted by Gasteiger charge is 2.17. The molecule has 0 saturated carbocycles. The van der Waals surface area contributed by atoms with Crippen LogP contribution in [0.25, 0.3) is 16.6 Å². The van der Waals surface area contributed by atoms with Gasteiger partial charge in [-0.15, -0.1) is 0 Å². The van der Waals surface area contributed by atoms with Crippen molar-refractivity contribution in [3.63, 3.8) is 0 Å². The van der Waals surface area contributed by atoms with Gasteiger partial charge in [0.25, 0.3) is 0 Å². The van der Waals surface area contributed by atoms with Crippen LogP contribution in [0.3, 0.4) is 0 Å². The van der Waals surface area contributed by atoms with Crippen LogP contribution in [0.1, 0.15) is 5.56 Å². The largest absolute Gasteiger partial charge is 0.471 e. The third-order valence-electron chi connectivity index (χ3n) is 3.88. The molecule has 0 N–H and O–H groups in total. The summed E-state index contributed by atoms with van der Waals surface area (Å²) in [6, 6.07) is 13.0. The van der Waals surface area contributed by atoms with Crippen LogP contribution in [0.4, 0.5) is 8.78 Å². The number of fused-ring (bicyclic) bond motifs is 1. The Balaban J connectivity index is 1.81. The van der Waals surface area contributed by atoms with E-state index in [1.807, 2.05) is 30.3 Å². The first-order chi connectivity index (χ1) is 12.6. The summed E-state index contributed by atoms with van der Waals surface area (Å²) in [5.74, 6) is -1.06. The van der Waals surface area contributed by atoms with Gasteiger partial charge in [-0.25, -0.2) is 18.4 Å². The van der Waals surface area contributed by atoms with E-state index in [0.717, 1.165) is 11.6 Å². The summed E-state index contributed by atoms with van der Waals surface area (Å²) in [6.07, 6.45) is 3.19. The Morgan fingerprint density at radius 3 is 2.62 bits per heavy atom. The van der Waals surface area contributed by atoms with E-state index in [0.29, 0.717) is 27.9 Å². The number of aromatic nitrogens is 3. The monoisotopic (exact) mass is 415 g/mol. The first kappa shape index (κ1) is 16.7. The molecule has 0 fully saturated rings. The normalized spacial score (nSPS) is 11.0. The number of ether oxygens (including phenoxy) is 1. The average Bonchev–Trinajstić information content (AvgIpc) is 3.08. The van der Waals surface area contributed by atoms with Crippen LogP contribution >= 0.6 is 15.9 Å². The second-order valence-electron chi connectivity index (χ2n) is 5.60. The maximum absolute atomic E-state index is 14.3. The van der Waals surface area contributed by atoms with Gasteiger partial charge < -0.3 is 4.74 Å². The molecule has 4 rings (SSSR count). The molecule has 0 spiro atoms. The van der Waals surface area contributed by atoms with Gasteiger partial charge in [0.05, 0.1) is 6.20 Å². The molecule has 26 heavy (non-hydrogen) atoms. The molecule has 0 aliphatic rings. The minimum absolute atomic E-state index is 0.117. The van der Waals surface area contributed by atoms with Crippen molar-refractivity contribution in [1.82, 2.24) is 14.8 Å². The van der Waals surface area contributed by atoms with Crippen LogP contribution in [-0.4, -0.2) is 14.8 Å². The molecule has 4 aromatic rings. The van der Waals surface area contributed by atoms with E-state index in [1.54, 1.807) is 12.4 Å². The van der Waals surface area contributed by atoms with Gasteiger partial charge >= 0.3 is 0 Å². The molecule has 2 aromatic carbocycles. The lowest BCUT2D eigenvalue weighted by atomic mass is 10.2. The van der Waals surface area contributed by atoms with Crippen LogP contribution in [0.15, 0.2) is 65.4 Å². The average molecular weight is 416 g/mol. The lowest BCUT2D eigenvalue weighted by Crippen LogP contribution is -2.04. The van der Waals surface area contributed by atoms with Crippen molar-refractivity contribution in [3.8, 4) is 11.6 Å². The quantitative estimate of drug-likeness (QED) is 0.468. The van der Waals surface area contributed by atoms with Crippen molar-refractivity contribution in [2.75, 3.05) is 0 Å². The molecule has 2 heterocycles. The SMILES string of the molecule is Fc1ccc(-n2ncc3c(Br)cnc(OCc4ccccc4)c32)c(F)c1. The van der Waals surface area contributed by atoms with Gasteiger partial charge in [-0.2, -0.15) is 5.10 Å². The standard InChI is InChI=1S/C19H12BrF2N3O/c20-15-10-23-19(26-11-12-4-2-1-3-5-12)18-14(15)9-24-25(18)17-7-6-13(21)8-16(17)22/h1-10H,11H2. The number of pyridine rings is 1. The van der Waals surface area contributed by atoms with Crippen molar-refractivity contribution in [2.45, 2.75) is 6.61 Å². The number of hydrogen-bond acceptors (Lipinski definition) is 3. The molecule has 0 aliphatic heterocycles. The maximum Gasteiger partial charge on any atom is 0.241 e. The minimum Gasteiger partial charge on any atom is -0.471 e. The second-order valence-corrected chi connectivity index (χ2v) is 6.45. The fraction of sp³-hybridized carbons (Fsp3) is 0.0526. The lowest BCUT2D eigenvalue weighted by molar-refractivity contribution is 0.297. The molecule has 0 radical (unpaired) electrons. The number of halogens is 3. The zero-order valence-electron chi connectivity index (χ0n) is 13.4. The molecule has 0 bridgehead atoms. The van der Waals surface area contributed by atoms with Crippen LogP contribution in [0, 0.1) is 11.6 Å². The molecule has 0 atom stereocenters. The van der Waals surface area contributed by atoms with E-state index in [2.05, 4.69) is 26.0 Å². The van der Waals surface area contributed by atoms with Crippen molar-refractivity contribution in [2.24, 2.45) is 0 Å². The van der Waals surface area contributed by atoms with Crippen molar-refractivity contribution in [3.05, 3.63) is 82.6 Å². The Hall–Kier alpha value is -2.80. The van der Waals surface area contributed by atoms with E-state index in [9.17, 15) is 8.78 Å². The van der Waals surface area contributed by atoms with Gasteiger partial charge in [-0.3, -0.25) is 0 Å². The summed E-state index contributed by atoms with van der Waals surface area (Å²) in [6.45, 7) is 0.307. The van der Waals surface area contributed by atoms with E-state index >= 15 is 0 Å². The Bertz CT molecular complexity index is 1080. The van der Waals surface area contributed by atoms with Crippen LogP contribution in [-0.2, 0) is 6.61 Å². The van der Waals surface area contributed by atoms with E-state index < -0.39 is 11.6 Å². The fourth-order valence-electron chi connectivity index (χ4n) is 2.64. The Kier molecular flexibility index (Phi) is 4.38. The third kappa shape index (κ3) is 3.06. The number of benzene rings is 2. The van der Waals surface area contributed by atoms with Gasteiger partial charge in [0.2, 0.25) is 5.88 Å². The molecule has 0 amide bonds. The highest BCUT2D eigenvalue weighted by molar-refractivity contribution is 9.10. The summed E-state index contributed by atoms with van der Waals surface area (Å²) < 4.78 is 35.4. The van der Waals surface area contributed by atoms with Crippen molar-refractivity contribution in [1.29, 1.82) is 0 Å². The predicted octanol–water partition coefficient (Wildman–Crippen LogP) is 5.04. The fourth-order valence-corrected chi connectivity index (χ4v) is 3.03. The first-order valence-electron chi connectivity index (χ1n) is 7.78. The summed E-state index contributed by atoms with van der Waals surface area (Å²) in [4.78, 5) is 4.30. The van der Waals surface area contributed by atoms with E-state index in [-0.39, 0.29) is 5.69 Å². The molecule has 2 aromatic heterocycles. The van der Waals surface area contributed by atoms with Crippen molar-refractivity contribution >= 4 is 26.8 Å². The van der Waals surface area contributed by atoms with Crippen LogP contribution in [0.2, 0.25) is 0 Å².